The van der Waals surface area contributed by atoms with Crippen LogP contribution in [0.15, 0.2) is 41.3 Å². The Hall–Kier alpha value is -2.49. The first-order valence-electron chi connectivity index (χ1n) is 8.83. The normalized spacial score (nSPS) is 16.1. The molecule has 0 spiro atoms. The van der Waals surface area contributed by atoms with Gasteiger partial charge in [0, 0.05) is 13.1 Å². The number of sulfonamides is 1. The highest BCUT2D eigenvalue weighted by atomic mass is 35.5. The number of urea groups is 1. The Kier molecular flexibility index (Phi) is 6.16. The second-order valence-corrected chi connectivity index (χ2v) is 8.92. The third-order valence-corrected chi connectivity index (χ3v) is 6.83. The minimum atomic E-state index is -4.22. The number of rotatable bonds is 5. The molecule has 0 saturated carbocycles. The standard InChI is InChI=1S/C19H18Cl2N2O6S/c1-4-28-18(24)11(2)29-13-6-8-17-16(10-13)22(3)19(25)23(30(17,26)27)12-5-7-14(20)15(21)9-12/h5-11H,4H2,1-3H3. The van der Waals surface area contributed by atoms with Gasteiger partial charge in [-0.05, 0) is 44.2 Å². The van der Waals surface area contributed by atoms with Crippen molar-refractivity contribution in [2.24, 2.45) is 0 Å². The van der Waals surface area contributed by atoms with Crippen LogP contribution in [-0.4, -0.2) is 40.2 Å². The van der Waals surface area contributed by atoms with Crippen molar-refractivity contribution in [3.05, 3.63) is 46.4 Å². The van der Waals surface area contributed by atoms with E-state index in [1.807, 2.05) is 0 Å². The molecule has 30 heavy (non-hydrogen) atoms. The van der Waals surface area contributed by atoms with Crippen LogP contribution in [0.25, 0.3) is 0 Å². The lowest BCUT2D eigenvalue weighted by Crippen LogP contribution is -2.49. The maximum absolute atomic E-state index is 13.2. The number of benzene rings is 2. The molecule has 11 heteroatoms. The Labute approximate surface area is 183 Å². The topological polar surface area (TPSA) is 93.2 Å². The molecule has 1 atom stereocenters. The van der Waals surface area contributed by atoms with Crippen LogP contribution in [0.4, 0.5) is 16.2 Å². The Morgan fingerprint density at radius 1 is 1.13 bits per heavy atom. The molecular weight excluding hydrogens is 455 g/mol. The first-order chi connectivity index (χ1) is 14.1. The molecule has 0 fully saturated rings. The van der Waals surface area contributed by atoms with Gasteiger partial charge in [0.1, 0.15) is 10.6 Å². The van der Waals surface area contributed by atoms with Crippen molar-refractivity contribution in [1.29, 1.82) is 0 Å². The van der Waals surface area contributed by atoms with E-state index >= 15 is 0 Å². The first-order valence-corrected chi connectivity index (χ1v) is 11.0. The van der Waals surface area contributed by atoms with E-state index in [9.17, 15) is 18.0 Å². The van der Waals surface area contributed by atoms with Crippen LogP contribution in [0.5, 0.6) is 5.75 Å². The number of amides is 2. The molecule has 1 aliphatic rings. The Morgan fingerprint density at radius 2 is 1.83 bits per heavy atom. The van der Waals surface area contributed by atoms with Gasteiger partial charge in [0.05, 0.1) is 28.0 Å². The number of nitrogens with zero attached hydrogens (tertiary/aromatic N) is 2. The van der Waals surface area contributed by atoms with Gasteiger partial charge in [-0.2, -0.15) is 4.31 Å². The molecule has 0 bridgehead atoms. The van der Waals surface area contributed by atoms with E-state index in [4.69, 9.17) is 32.7 Å². The quantitative estimate of drug-likeness (QED) is 0.608. The van der Waals surface area contributed by atoms with Gasteiger partial charge in [0.2, 0.25) is 0 Å². The molecule has 1 aliphatic heterocycles. The van der Waals surface area contributed by atoms with E-state index in [0.717, 1.165) is 0 Å². The van der Waals surface area contributed by atoms with E-state index in [-0.39, 0.29) is 38.7 Å². The monoisotopic (exact) mass is 472 g/mol. The average Bonchev–Trinajstić information content (AvgIpc) is 2.69. The molecule has 0 saturated heterocycles. The summed E-state index contributed by atoms with van der Waals surface area (Å²) in [5.74, 6) is -0.342. The molecule has 2 aromatic rings. The third-order valence-electron chi connectivity index (χ3n) is 4.34. The van der Waals surface area contributed by atoms with E-state index in [1.54, 1.807) is 6.92 Å². The zero-order valence-electron chi connectivity index (χ0n) is 16.3. The molecule has 2 amide bonds. The van der Waals surface area contributed by atoms with Crippen molar-refractivity contribution in [2.75, 3.05) is 22.9 Å². The van der Waals surface area contributed by atoms with Crippen molar-refractivity contribution < 1.29 is 27.5 Å². The van der Waals surface area contributed by atoms with E-state index < -0.39 is 28.1 Å². The van der Waals surface area contributed by atoms with Crippen molar-refractivity contribution in [3.63, 3.8) is 0 Å². The number of carbonyl (C=O) groups excluding carboxylic acids is 2. The zero-order chi connectivity index (χ0) is 22.2. The summed E-state index contributed by atoms with van der Waals surface area (Å²) >= 11 is 11.9. The summed E-state index contributed by atoms with van der Waals surface area (Å²) in [6.45, 7) is 3.39. The van der Waals surface area contributed by atoms with Crippen molar-refractivity contribution in [3.8, 4) is 5.75 Å². The smallest absolute Gasteiger partial charge is 0.347 e. The highest BCUT2D eigenvalue weighted by molar-refractivity contribution is 7.94. The fourth-order valence-electron chi connectivity index (χ4n) is 2.86. The number of anilines is 2. The number of hydrogen-bond donors (Lipinski definition) is 0. The average molecular weight is 473 g/mol. The summed E-state index contributed by atoms with van der Waals surface area (Å²) in [5.41, 5.74) is 0.174. The molecule has 1 heterocycles. The summed E-state index contributed by atoms with van der Waals surface area (Å²) < 4.78 is 37.4. The van der Waals surface area contributed by atoms with Crippen LogP contribution in [0, 0.1) is 0 Å². The number of carbonyl (C=O) groups is 2. The molecule has 1 unspecified atom stereocenters. The zero-order valence-corrected chi connectivity index (χ0v) is 18.6. The summed E-state index contributed by atoms with van der Waals surface area (Å²) in [7, 11) is -2.80. The first kappa shape index (κ1) is 22.2. The van der Waals surface area contributed by atoms with Crippen molar-refractivity contribution >= 4 is 56.6 Å². The summed E-state index contributed by atoms with van der Waals surface area (Å²) in [5, 5.41) is 0.343. The second-order valence-electron chi connectivity index (χ2n) is 6.35. The maximum Gasteiger partial charge on any atom is 0.347 e. The van der Waals surface area contributed by atoms with Crippen LogP contribution in [0.1, 0.15) is 13.8 Å². The maximum atomic E-state index is 13.2. The Balaban J connectivity index is 2.01. The highest BCUT2D eigenvalue weighted by Gasteiger charge is 2.41. The number of ether oxygens (including phenoxy) is 2. The predicted molar refractivity (Wildman–Crippen MR) is 113 cm³/mol. The molecule has 3 rings (SSSR count). The van der Waals surface area contributed by atoms with Gasteiger partial charge >= 0.3 is 12.0 Å². The van der Waals surface area contributed by atoms with Gasteiger partial charge in [0.15, 0.2) is 6.10 Å². The van der Waals surface area contributed by atoms with Gasteiger partial charge in [-0.1, -0.05) is 23.2 Å². The Bertz CT molecular complexity index is 1120. The minimum absolute atomic E-state index is 0.0585. The molecule has 8 nitrogen and oxygen atoms in total. The van der Waals surface area contributed by atoms with Crippen molar-refractivity contribution in [2.45, 2.75) is 24.8 Å². The lowest BCUT2D eigenvalue weighted by Gasteiger charge is -2.34. The second kappa shape index (κ2) is 8.33. The number of fused-ring (bicyclic) bond motifs is 1. The fraction of sp³-hybridized carbons (Fsp3) is 0.263. The lowest BCUT2D eigenvalue weighted by molar-refractivity contribution is -0.150. The Morgan fingerprint density at radius 3 is 2.47 bits per heavy atom. The van der Waals surface area contributed by atoms with Crippen LogP contribution in [0.3, 0.4) is 0 Å². The molecule has 160 valence electrons. The van der Waals surface area contributed by atoms with Gasteiger partial charge < -0.3 is 9.47 Å². The largest absolute Gasteiger partial charge is 0.479 e. The molecule has 0 radical (unpaired) electrons. The molecule has 0 N–H and O–H groups in total. The van der Waals surface area contributed by atoms with Gasteiger partial charge in [-0.3, -0.25) is 4.90 Å². The van der Waals surface area contributed by atoms with Crippen LogP contribution >= 0.6 is 23.2 Å². The number of hydrogen-bond acceptors (Lipinski definition) is 6. The van der Waals surface area contributed by atoms with E-state index in [2.05, 4.69) is 0 Å². The van der Waals surface area contributed by atoms with Gasteiger partial charge in [-0.25, -0.2) is 18.0 Å². The third kappa shape index (κ3) is 3.92. The lowest BCUT2D eigenvalue weighted by atomic mass is 10.2. The van der Waals surface area contributed by atoms with E-state index in [0.29, 0.717) is 4.31 Å². The van der Waals surface area contributed by atoms with Gasteiger partial charge in [0.25, 0.3) is 10.0 Å². The number of halogens is 2. The molecule has 2 aromatic carbocycles. The van der Waals surface area contributed by atoms with Crippen LogP contribution < -0.4 is 13.9 Å². The number of esters is 1. The summed E-state index contributed by atoms with van der Waals surface area (Å²) in [4.78, 5) is 25.7. The minimum Gasteiger partial charge on any atom is -0.479 e. The van der Waals surface area contributed by atoms with Crippen LogP contribution in [-0.2, 0) is 19.6 Å². The van der Waals surface area contributed by atoms with Crippen LogP contribution in [0.2, 0.25) is 10.0 Å². The van der Waals surface area contributed by atoms with Gasteiger partial charge in [-0.15, -0.1) is 0 Å². The highest BCUT2D eigenvalue weighted by Crippen LogP contribution is 2.39. The predicted octanol–water partition coefficient (Wildman–Crippen LogP) is 4.09. The van der Waals surface area contributed by atoms with Crippen molar-refractivity contribution in [1.82, 2.24) is 0 Å². The van der Waals surface area contributed by atoms with E-state index in [1.165, 1.54) is 55.3 Å². The molecule has 0 aliphatic carbocycles. The fourth-order valence-corrected chi connectivity index (χ4v) is 4.77. The SMILES string of the molecule is CCOC(=O)C(C)Oc1ccc2c(c1)N(C)C(=O)N(c1ccc(Cl)c(Cl)c1)S2(=O)=O. The summed E-state index contributed by atoms with van der Waals surface area (Å²) in [6, 6.07) is 7.39. The summed E-state index contributed by atoms with van der Waals surface area (Å²) in [6.07, 6.45) is -0.906. The molecular formula is C19H18Cl2N2O6S. The molecule has 0 aromatic heterocycles.